The van der Waals surface area contributed by atoms with E-state index in [0.29, 0.717) is 10.5 Å². The number of ether oxygens (including phenoxy) is 1. The summed E-state index contributed by atoms with van der Waals surface area (Å²) >= 11 is 0. The largest absolute Gasteiger partial charge is 0.459 e. The van der Waals surface area contributed by atoms with Crippen LogP contribution >= 0.6 is 0 Å². The molecule has 0 aromatic heterocycles. The minimum Gasteiger partial charge on any atom is -0.459 e. The Morgan fingerprint density at radius 1 is 1.00 bits per heavy atom. The second-order valence-electron chi connectivity index (χ2n) is 7.97. The van der Waals surface area contributed by atoms with E-state index < -0.39 is 46.4 Å². The molecule has 2 aromatic rings. The molecule has 2 aromatic carbocycles. The maximum absolute atomic E-state index is 13.1. The second kappa shape index (κ2) is 7.57. The van der Waals surface area contributed by atoms with Gasteiger partial charge in [-0.15, -0.1) is 0 Å². The van der Waals surface area contributed by atoms with E-state index in [0.717, 1.165) is 17.7 Å². The SMILES string of the molecule is Cc1ccc(S(=O)N2[C@H](C(=O)OC(C)(C)C)[C@H]2c2ccc(C(F)(F)F)cc2)cc1. The van der Waals surface area contributed by atoms with Crippen molar-refractivity contribution in [1.82, 2.24) is 4.31 Å². The fourth-order valence-electron chi connectivity index (χ4n) is 2.99. The molecule has 0 spiro atoms. The quantitative estimate of drug-likeness (QED) is 0.522. The van der Waals surface area contributed by atoms with Crippen LogP contribution in [0.15, 0.2) is 53.4 Å². The van der Waals surface area contributed by atoms with Gasteiger partial charge in [0.05, 0.1) is 16.5 Å². The van der Waals surface area contributed by atoms with E-state index in [1.807, 2.05) is 19.1 Å². The second-order valence-corrected chi connectivity index (χ2v) is 9.36. The van der Waals surface area contributed by atoms with E-state index >= 15 is 0 Å². The van der Waals surface area contributed by atoms with Crippen LogP contribution in [-0.2, 0) is 26.7 Å². The maximum Gasteiger partial charge on any atom is 0.416 e. The first-order valence-electron chi connectivity index (χ1n) is 9.05. The van der Waals surface area contributed by atoms with E-state index in [2.05, 4.69) is 0 Å². The number of hydrogen-bond donors (Lipinski definition) is 0. The van der Waals surface area contributed by atoms with Crippen LogP contribution in [0.2, 0.25) is 0 Å². The number of alkyl halides is 3. The van der Waals surface area contributed by atoms with Crippen molar-refractivity contribution in [2.45, 2.75) is 56.5 Å². The number of nitrogens with zero attached hydrogens (tertiary/aromatic N) is 1. The van der Waals surface area contributed by atoms with Crippen LogP contribution in [0.1, 0.15) is 43.5 Å². The Morgan fingerprint density at radius 2 is 1.55 bits per heavy atom. The summed E-state index contributed by atoms with van der Waals surface area (Å²) in [5.41, 5.74) is -0.0303. The number of carbonyl (C=O) groups is 1. The van der Waals surface area contributed by atoms with Crippen LogP contribution in [0, 0.1) is 6.92 Å². The number of rotatable bonds is 4. The Hall–Kier alpha value is -2.19. The van der Waals surface area contributed by atoms with E-state index in [4.69, 9.17) is 4.74 Å². The van der Waals surface area contributed by atoms with E-state index in [-0.39, 0.29) is 0 Å². The molecule has 0 aliphatic carbocycles. The summed E-state index contributed by atoms with van der Waals surface area (Å²) in [5.74, 6) is -0.553. The van der Waals surface area contributed by atoms with Crippen LogP contribution in [0.25, 0.3) is 0 Å². The highest BCUT2D eigenvalue weighted by atomic mass is 32.2. The van der Waals surface area contributed by atoms with Crippen molar-refractivity contribution in [3.05, 3.63) is 65.2 Å². The molecule has 1 saturated heterocycles. The number of esters is 1. The van der Waals surface area contributed by atoms with Gasteiger partial charge in [0, 0.05) is 0 Å². The smallest absolute Gasteiger partial charge is 0.416 e. The average molecular weight is 425 g/mol. The monoisotopic (exact) mass is 425 g/mol. The van der Waals surface area contributed by atoms with E-state index in [9.17, 15) is 22.2 Å². The zero-order valence-corrected chi connectivity index (χ0v) is 17.3. The van der Waals surface area contributed by atoms with E-state index in [1.165, 1.54) is 16.4 Å². The minimum absolute atomic E-state index is 0.481. The normalized spacial score (nSPS) is 22.8. The average Bonchev–Trinajstić information content (AvgIpc) is 3.35. The van der Waals surface area contributed by atoms with Crippen molar-refractivity contribution >= 4 is 17.0 Å². The number of hydrogen-bond acceptors (Lipinski definition) is 3. The van der Waals surface area contributed by atoms with Crippen LogP contribution < -0.4 is 0 Å². The summed E-state index contributed by atoms with van der Waals surface area (Å²) < 4.78 is 58.5. The van der Waals surface area contributed by atoms with Crippen molar-refractivity contribution < 1.29 is 26.9 Å². The predicted molar refractivity (Wildman–Crippen MR) is 103 cm³/mol. The van der Waals surface area contributed by atoms with Crippen molar-refractivity contribution in [3.63, 3.8) is 0 Å². The third kappa shape index (κ3) is 4.87. The van der Waals surface area contributed by atoms with Gasteiger partial charge in [-0.1, -0.05) is 29.8 Å². The van der Waals surface area contributed by atoms with Gasteiger partial charge in [0.1, 0.15) is 22.6 Å². The van der Waals surface area contributed by atoms with Gasteiger partial charge in [0.25, 0.3) is 0 Å². The summed E-state index contributed by atoms with van der Waals surface area (Å²) in [7, 11) is -1.65. The molecular weight excluding hydrogens is 403 g/mol. The molecule has 1 aliphatic heterocycles. The molecule has 0 N–H and O–H groups in total. The van der Waals surface area contributed by atoms with Gasteiger partial charge in [-0.2, -0.15) is 17.5 Å². The molecule has 0 saturated carbocycles. The van der Waals surface area contributed by atoms with Gasteiger partial charge in [-0.05, 0) is 57.5 Å². The Kier molecular flexibility index (Phi) is 5.62. The molecule has 29 heavy (non-hydrogen) atoms. The summed E-state index contributed by atoms with van der Waals surface area (Å²) in [6.07, 6.45) is -4.45. The summed E-state index contributed by atoms with van der Waals surface area (Å²) in [4.78, 5) is 13.2. The van der Waals surface area contributed by atoms with Gasteiger partial charge >= 0.3 is 12.1 Å². The molecule has 0 amide bonds. The molecule has 4 nitrogen and oxygen atoms in total. The standard InChI is InChI=1S/C21H22F3NO3S/c1-13-5-11-16(12-6-13)29(27)25-17(18(25)19(26)28-20(2,3)4)14-7-9-15(10-8-14)21(22,23)24/h5-12,17-18H,1-4H3/t17-,18+,25?,29?/m1/s1. The van der Waals surface area contributed by atoms with Gasteiger partial charge < -0.3 is 4.74 Å². The Balaban J connectivity index is 1.90. The highest BCUT2D eigenvalue weighted by Crippen LogP contribution is 2.47. The van der Waals surface area contributed by atoms with Crippen LogP contribution in [0.4, 0.5) is 13.2 Å². The molecular formula is C21H22F3NO3S. The molecule has 8 heteroatoms. The maximum atomic E-state index is 13.1. The summed E-state index contributed by atoms with van der Waals surface area (Å²) in [5, 5.41) is 0. The first-order chi connectivity index (χ1) is 13.4. The van der Waals surface area contributed by atoms with Gasteiger partial charge in [-0.3, -0.25) is 4.79 Å². The van der Waals surface area contributed by atoms with Crippen molar-refractivity contribution in [3.8, 4) is 0 Å². The van der Waals surface area contributed by atoms with Crippen LogP contribution in [-0.4, -0.2) is 26.1 Å². The molecule has 1 aliphatic rings. The Bertz CT molecular complexity index is 918. The number of carbonyl (C=O) groups excluding carboxylic acids is 1. The van der Waals surface area contributed by atoms with Gasteiger partial charge in [-0.25, -0.2) is 4.21 Å². The lowest BCUT2D eigenvalue weighted by Gasteiger charge is -2.19. The Labute approximate surface area is 170 Å². The molecule has 156 valence electrons. The van der Waals surface area contributed by atoms with Crippen molar-refractivity contribution in [2.24, 2.45) is 0 Å². The number of halogens is 3. The van der Waals surface area contributed by atoms with Crippen LogP contribution in [0.3, 0.4) is 0 Å². The minimum atomic E-state index is -4.45. The fourth-order valence-corrected chi connectivity index (χ4v) is 4.40. The molecule has 2 unspecified atom stereocenters. The zero-order chi connectivity index (χ0) is 21.6. The first kappa shape index (κ1) is 21.5. The first-order valence-corrected chi connectivity index (χ1v) is 10.2. The number of aryl methyl sites for hydroxylation is 1. The van der Waals surface area contributed by atoms with Crippen LogP contribution in [0.5, 0.6) is 0 Å². The molecule has 3 rings (SSSR count). The van der Waals surface area contributed by atoms with E-state index in [1.54, 1.807) is 32.9 Å². The highest BCUT2D eigenvalue weighted by molar-refractivity contribution is 7.83. The zero-order valence-electron chi connectivity index (χ0n) is 16.5. The highest BCUT2D eigenvalue weighted by Gasteiger charge is 2.58. The Morgan fingerprint density at radius 3 is 2.03 bits per heavy atom. The number of benzene rings is 2. The van der Waals surface area contributed by atoms with Gasteiger partial charge in [0.15, 0.2) is 0 Å². The topological polar surface area (TPSA) is 46.4 Å². The lowest BCUT2D eigenvalue weighted by atomic mass is 10.1. The van der Waals surface area contributed by atoms with Crippen molar-refractivity contribution in [1.29, 1.82) is 0 Å². The lowest BCUT2D eigenvalue weighted by Crippen LogP contribution is -2.28. The molecule has 1 heterocycles. The molecule has 1 fully saturated rings. The fraction of sp³-hybridized carbons (Fsp3) is 0.381. The third-order valence-electron chi connectivity index (χ3n) is 4.40. The van der Waals surface area contributed by atoms with Gasteiger partial charge in [0.2, 0.25) is 0 Å². The molecule has 0 radical (unpaired) electrons. The summed E-state index contributed by atoms with van der Waals surface area (Å²) in [6, 6.07) is 10.2. The van der Waals surface area contributed by atoms with Crippen molar-refractivity contribution in [2.75, 3.05) is 0 Å². The predicted octanol–water partition coefficient (Wildman–Crippen LogP) is 4.80. The molecule has 4 atom stereocenters. The molecule has 0 bridgehead atoms. The third-order valence-corrected chi connectivity index (χ3v) is 5.91. The lowest BCUT2D eigenvalue weighted by molar-refractivity contribution is -0.154. The summed E-state index contributed by atoms with van der Waals surface area (Å²) in [6.45, 7) is 7.07.